The molecule has 0 aromatic heterocycles. The van der Waals surface area contributed by atoms with Gasteiger partial charge in [-0.05, 0) is 6.42 Å². The molecule has 134 valence electrons. The molecule has 0 saturated heterocycles. The predicted molar refractivity (Wildman–Crippen MR) is 93.3 cm³/mol. The Morgan fingerprint density at radius 2 is 0.864 bits per heavy atom. The molecule has 0 aliphatic carbocycles. The molecule has 0 aliphatic rings. The summed E-state index contributed by atoms with van der Waals surface area (Å²) in [6, 6.07) is 0. The summed E-state index contributed by atoms with van der Waals surface area (Å²) in [6.07, 6.45) is 19.4. The van der Waals surface area contributed by atoms with Crippen LogP contribution >= 0.6 is 0 Å². The van der Waals surface area contributed by atoms with Gasteiger partial charge in [-0.25, -0.2) is 0 Å². The van der Waals surface area contributed by atoms with Gasteiger partial charge in [0.15, 0.2) is 0 Å². The second-order valence-electron chi connectivity index (χ2n) is 6.37. The largest absolute Gasteiger partial charge is 0.671 e. The minimum Gasteiger partial charge on any atom is -0.368 e. The van der Waals surface area contributed by atoms with Gasteiger partial charge in [0, 0.05) is 6.61 Å². The monoisotopic (exact) mass is 334 g/mol. The van der Waals surface area contributed by atoms with Crippen LogP contribution < -0.4 is 0 Å². The van der Waals surface area contributed by atoms with Gasteiger partial charge in [-0.2, -0.15) is 0 Å². The van der Waals surface area contributed by atoms with E-state index in [1.807, 2.05) is 0 Å². The lowest BCUT2D eigenvalue weighted by Gasteiger charge is -2.09. The maximum absolute atomic E-state index is 8.66. The predicted octanol–water partition coefficient (Wildman–Crippen LogP) is 4.29. The normalized spacial score (nSPS) is 12.0. The van der Waals surface area contributed by atoms with Crippen LogP contribution in [-0.4, -0.2) is 30.0 Å². The van der Waals surface area contributed by atoms with E-state index in [9.17, 15) is 0 Å². The maximum Gasteiger partial charge on any atom is 0.671 e. The highest BCUT2D eigenvalue weighted by atomic mass is 28.4. The van der Waals surface area contributed by atoms with E-state index in [0.29, 0.717) is 0 Å². The molecule has 5 heteroatoms. The Bertz CT molecular complexity index is 219. The molecule has 0 radical (unpaired) electrons. The second-order valence-corrected chi connectivity index (χ2v) is 7.81. The van der Waals surface area contributed by atoms with Crippen molar-refractivity contribution in [3.8, 4) is 0 Å². The average molecular weight is 335 g/mol. The van der Waals surface area contributed by atoms with Gasteiger partial charge in [0.05, 0.1) is 0 Å². The first kappa shape index (κ1) is 22.1. The molecule has 0 rings (SSSR count). The van der Waals surface area contributed by atoms with Crippen LogP contribution in [0.5, 0.6) is 0 Å². The third-order valence-corrected chi connectivity index (χ3v) is 4.64. The summed E-state index contributed by atoms with van der Waals surface area (Å²) in [4.78, 5) is 26.0. The lowest BCUT2D eigenvalue weighted by Crippen LogP contribution is -2.39. The zero-order valence-corrected chi connectivity index (χ0v) is 15.6. The fraction of sp³-hybridized carbons (Fsp3) is 1.00. The maximum atomic E-state index is 8.66. The Morgan fingerprint density at radius 1 is 0.545 bits per heavy atom. The van der Waals surface area contributed by atoms with Gasteiger partial charge >= 0.3 is 9.05 Å². The minimum absolute atomic E-state index is 0.244. The third kappa shape index (κ3) is 20.1. The lowest BCUT2D eigenvalue weighted by atomic mass is 10.0. The summed E-state index contributed by atoms with van der Waals surface area (Å²) in [5.41, 5.74) is 0. The fourth-order valence-electron chi connectivity index (χ4n) is 2.68. The van der Waals surface area contributed by atoms with Crippen LogP contribution in [0.1, 0.15) is 103 Å². The molecule has 0 unspecified atom stereocenters. The van der Waals surface area contributed by atoms with Gasteiger partial charge in [-0.1, -0.05) is 96.8 Å². The molecule has 0 spiro atoms. The molecular formula is C17H38O4Si. The number of hydrogen-bond donors (Lipinski definition) is 3. The van der Waals surface area contributed by atoms with Gasteiger partial charge in [-0.3, -0.25) is 0 Å². The topological polar surface area (TPSA) is 69.9 Å². The molecule has 0 heterocycles. The van der Waals surface area contributed by atoms with E-state index < -0.39 is 9.05 Å². The average Bonchev–Trinajstić information content (AvgIpc) is 2.45. The van der Waals surface area contributed by atoms with Crippen molar-refractivity contribution in [2.75, 3.05) is 6.61 Å². The summed E-state index contributed by atoms with van der Waals surface area (Å²) in [7, 11) is -4.26. The van der Waals surface area contributed by atoms with E-state index in [1.165, 1.54) is 77.0 Å². The van der Waals surface area contributed by atoms with E-state index in [2.05, 4.69) is 11.3 Å². The Morgan fingerprint density at radius 3 is 1.18 bits per heavy atom. The summed E-state index contributed by atoms with van der Waals surface area (Å²) in [5, 5.41) is 0. The van der Waals surface area contributed by atoms with E-state index in [1.54, 1.807) is 0 Å². The highest BCUT2D eigenvalue weighted by Gasteiger charge is 2.29. The van der Waals surface area contributed by atoms with E-state index in [-0.39, 0.29) is 6.61 Å². The fourth-order valence-corrected chi connectivity index (χ4v) is 3.10. The molecule has 22 heavy (non-hydrogen) atoms. The molecular weight excluding hydrogens is 296 g/mol. The minimum atomic E-state index is -4.26. The van der Waals surface area contributed by atoms with Crippen LogP contribution in [0.2, 0.25) is 0 Å². The second kappa shape index (κ2) is 15.9. The lowest BCUT2D eigenvalue weighted by molar-refractivity contribution is 0.0618. The van der Waals surface area contributed by atoms with E-state index in [4.69, 9.17) is 14.4 Å². The molecule has 0 fully saturated rings. The van der Waals surface area contributed by atoms with Crippen LogP contribution in [0.15, 0.2) is 0 Å². The van der Waals surface area contributed by atoms with Crippen molar-refractivity contribution in [1.82, 2.24) is 0 Å². The number of hydrogen-bond acceptors (Lipinski definition) is 4. The highest BCUT2D eigenvalue weighted by Crippen LogP contribution is 2.13. The van der Waals surface area contributed by atoms with Crippen LogP contribution in [-0.2, 0) is 4.43 Å². The SMILES string of the molecule is CCCCCCCCCCCCCCCCCO[Si](O)(O)O. The van der Waals surface area contributed by atoms with Crippen molar-refractivity contribution < 1.29 is 18.8 Å². The van der Waals surface area contributed by atoms with Crippen molar-refractivity contribution in [3.63, 3.8) is 0 Å². The van der Waals surface area contributed by atoms with Gasteiger partial charge in [0.25, 0.3) is 0 Å². The van der Waals surface area contributed by atoms with Gasteiger partial charge in [-0.15, -0.1) is 0 Å². The first-order valence-electron chi connectivity index (χ1n) is 9.37. The smallest absolute Gasteiger partial charge is 0.368 e. The number of rotatable bonds is 17. The molecule has 0 bridgehead atoms. The molecule has 0 atom stereocenters. The van der Waals surface area contributed by atoms with Crippen LogP contribution in [0.4, 0.5) is 0 Å². The highest BCUT2D eigenvalue weighted by molar-refractivity contribution is 6.48. The molecule has 0 aromatic rings. The summed E-state index contributed by atoms with van der Waals surface area (Å²) in [5.74, 6) is 0. The van der Waals surface area contributed by atoms with E-state index in [0.717, 1.165) is 19.3 Å². The Balaban J connectivity index is 3.00. The zero-order valence-electron chi connectivity index (χ0n) is 14.6. The van der Waals surface area contributed by atoms with Crippen LogP contribution in [0.25, 0.3) is 0 Å². The molecule has 0 saturated carbocycles. The standard InChI is InChI=1S/C17H38O4Si/c1-2-3-4-5-6-7-8-9-10-11-12-13-14-15-16-17-21-22(18,19)20/h18-20H,2-17H2,1H3. The quantitative estimate of drug-likeness (QED) is 0.274. The molecule has 3 N–H and O–H groups in total. The van der Waals surface area contributed by atoms with Crippen molar-refractivity contribution in [2.24, 2.45) is 0 Å². The molecule has 0 aliphatic heterocycles. The zero-order chi connectivity index (χ0) is 16.5. The first-order valence-corrected chi connectivity index (χ1v) is 11.1. The molecule has 4 nitrogen and oxygen atoms in total. The third-order valence-electron chi connectivity index (χ3n) is 4.04. The Labute approximate surface area is 138 Å². The van der Waals surface area contributed by atoms with Gasteiger partial charge < -0.3 is 18.8 Å². The van der Waals surface area contributed by atoms with Crippen LogP contribution in [0.3, 0.4) is 0 Å². The van der Waals surface area contributed by atoms with Crippen molar-refractivity contribution in [3.05, 3.63) is 0 Å². The van der Waals surface area contributed by atoms with E-state index >= 15 is 0 Å². The van der Waals surface area contributed by atoms with Gasteiger partial charge in [0.2, 0.25) is 0 Å². The summed E-state index contributed by atoms with van der Waals surface area (Å²) in [6.45, 7) is 2.51. The van der Waals surface area contributed by atoms with Crippen molar-refractivity contribution in [1.29, 1.82) is 0 Å². The Kier molecular flexibility index (Phi) is 16.0. The summed E-state index contributed by atoms with van der Waals surface area (Å²) < 4.78 is 4.55. The van der Waals surface area contributed by atoms with Crippen molar-refractivity contribution >= 4 is 9.05 Å². The number of unbranched alkanes of at least 4 members (excludes halogenated alkanes) is 14. The Hall–Kier alpha value is 0.0569. The van der Waals surface area contributed by atoms with Crippen molar-refractivity contribution in [2.45, 2.75) is 103 Å². The van der Waals surface area contributed by atoms with Gasteiger partial charge in [0.1, 0.15) is 0 Å². The van der Waals surface area contributed by atoms with Crippen LogP contribution in [0, 0.1) is 0 Å². The molecule has 0 amide bonds. The first-order chi connectivity index (χ1) is 10.6. The molecule has 0 aromatic carbocycles. The summed E-state index contributed by atoms with van der Waals surface area (Å²) >= 11 is 0.